The first-order valence-electron chi connectivity index (χ1n) is 5.59. The van der Waals surface area contributed by atoms with Crippen LogP contribution in [0.5, 0.6) is 0 Å². The van der Waals surface area contributed by atoms with Crippen molar-refractivity contribution in [2.75, 3.05) is 32.7 Å². The van der Waals surface area contributed by atoms with E-state index in [1.165, 1.54) is 0 Å². The molecule has 4 nitrogen and oxygen atoms in total. The monoisotopic (exact) mass is 195 g/mol. The molecule has 78 valence electrons. The van der Waals surface area contributed by atoms with E-state index >= 15 is 0 Å². The summed E-state index contributed by atoms with van der Waals surface area (Å²) in [6.07, 6.45) is 1.86. The molecule has 0 spiro atoms. The number of hydrogen-bond donors (Lipinski definition) is 1. The number of piperazine rings is 1. The third-order valence-corrected chi connectivity index (χ3v) is 3.80. The van der Waals surface area contributed by atoms with E-state index in [9.17, 15) is 4.79 Å². The Labute approximate surface area is 84.2 Å². The Morgan fingerprint density at radius 3 is 2.79 bits per heavy atom. The number of hydrogen-bond acceptors (Lipinski definition) is 3. The average Bonchev–Trinajstić information content (AvgIpc) is 2.45. The summed E-state index contributed by atoms with van der Waals surface area (Å²) in [5.74, 6) is 0.376. The standard InChI is InChI=1S/C10H17N3O/c14-10-2-1-8-7-12(3-4-13(8)10)9-5-11-6-9/h8-9,11H,1-7H2/t8-/m0/s1. The Morgan fingerprint density at radius 2 is 2.07 bits per heavy atom. The number of fused-ring (bicyclic) bond motifs is 1. The van der Waals surface area contributed by atoms with Gasteiger partial charge in [-0.15, -0.1) is 0 Å². The van der Waals surface area contributed by atoms with Crippen LogP contribution in [-0.2, 0) is 4.79 Å². The molecule has 0 unspecified atom stereocenters. The van der Waals surface area contributed by atoms with Crippen LogP contribution in [-0.4, -0.2) is 60.5 Å². The fourth-order valence-electron chi connectivity index (χ4n) is 2.75. The second-order valence-corrected chi connectivity index (χ2v) is 4.59. The highest BCUT2D eigenvalue weighted by atomic mass is 16.2. The quantitative estimate of drug-likeness (QED) is 0.599. The second kappa shape index (κ2) is 3.21. The van der Waals surface area contributed by atoms with Crippen LogP contribution in [0.25, 0.3) is 0 Å². The highest BCUT2D eigenvalue weighted by Crippen LogP contribution is 2.24. The topological polar surface area (TPSA) is 35.6 Å². The van der Waals surface area contributed by atoms with E-state index in [2.05, 4.69) is 15.1 Å². The summed E-state index contributed by atoms with van der Waals surface area (Å²) in [5, 5.41) is 3.30. The van der Waals surface area contributed by atoms with Gasteiger partial charge in [0, 0.05) is 51.2 Å². The molecule has 3 fully saturated rings. The smallest absolute Gasteiger partial charge is 0.222 e. The summed E-state index contributed by atoms with van der Waals surface area (Å²) < 4.78 is 0. The van der Waals surface area contributed by atoms with Crippen LogP contribution in [0, 0.1) is 0 Å². The van der Waals surface area contributed by atoms with Crippen molar-refractivity contribution in [2.45, 2.75) is 24.9 Å². The lowest BCUT2D eigenvalue weighted by Crippen LogP contribution is -2.63. The van der Waals surface area contributed by atoms with E-state index in [0.717, 1.165) is 51.6 Å². The van der Waals surface area contributed by atoms with E-state index in [-0.39, 0.29) is 0 Å². The highest BCUT2D eigenvalue weighted by Gasteiger charge is 2.38. The Kier molecular flexibility index (Phi) is 1.99. The lowest BCUT2D eigenvalue weighted by atomic mass is 10.1. The van der Waals surface area contributed by atoms with Gasteiger partial charge in [0.1, 0.15) is 0 Å². The zero-order chi connectivity index (χ0) is 9.54. The molecule has 0 bridgehead atoms. The molecular weight excluding hydrogens is 178 g/mol. The van der Waals surface area contributed by atoms with E-state index in [1.54, 1.807) is 0 Å². The van der Waals surface area contributed by atoms with E-state index < -0.39 is 0 Å². The van der Waals surface area contributed by atoms with Crippen molar-refractivity contribution in [3.63, 3.8) is 0 Å². The van der Waals surface area contributed by atoms with Crippen molar-refractivity contribution >= 4 is 5.91 Å². The molecule has 3 aliphatic rings. The Bertz CT molecular complexity index is 252. The summed E-state index contributed by atoms with van der Waals surface area (Å²) in [6.45, 7) is 5.42. The molecule has 3 heterocycles. The fraction of sp³-hybridized carbons (Fsp3) is 0.900. The summed E-state index contributed by atoms with van der Waals surface area (Å²) in [6, 6.07) is 1.27. The van der Waals surface area contributed by atoms with Crippen LogP contribution in [0.4, 0.5) is 0 Å². The first kappa shape index (κ1) is 8.68. The molecule has 0 radical (unpaired) electrons. The van der Waals surface area contributed by atoms with Gasteiger partial charge in [0.15, 0.2) is 0 Å². The van der Waals surface area contributed by atoms with Crippen LogP contribution in [0.2, 0.25) is 0 Å². The maximum Gasteiger partial charge on any atom is 0.222 e. The Morgan fingerprint density at radius 1 is 1.21 bits per heavy atom. The van der Waals surface area contributed by atoms with Crippen molar-refractivity contribution in [2.24, 2.45) is 0 Å². The van der Waals surface area contributed by atoms with E-state index in [0.29, 0.717) is 11.9 Å². The lowest BCUT2D eigenvalue weighted by molar-refractivity contribution is -0.131. The Balaban J connectivity index is 1.64. The molecule has 0 aromatic rings. The van der Waals surface area contributed by atoms with Gasteiger partial charge in [-0.3, -0.25) is 9.69 Å². The van der Waals surface area contributed by atoms with Crippen LogP contribution in [0.3, 0.4) is 0 Å². The first-order valence-corrected chi connectivity index (χ1v) is 5.59. The molecule has 0 saturated carbocycles. The molecule has 1 atom stereocenters. The third kappa shape index (κ3) is 1.25. The average molecular weight is 195 g/mol. The van der Waals surface area contributed by atoms with Crippen molar-refractivity contribution in [3.05, 3.63) is 0 Å². The van der Waals surface area contributed by atoms with Gasteiger partial charge in [0.2, 0.25) is 5.91 Å². The van der Waals surface area contributed by atoms with Crippen LogP contribution in [0.15, 0.2) is 0 Å². The SMILES string of the molecule is O=C1CC[C@H]2CN(C3CNC3)CCN12. The molecule has 1 amide bonds. The van der Waals surface area contributed by atoms with Gasteiger partial charge in [-0.05, 0) is 6.42 Å². The maximum absolute atomic E-state index is 11.5. The molecule has 3 rings (SSSR count). The molecule has 0 aromatic heterocycles. The fourth-order valence-corrected chi connectivity index (χ4v) is 2.75. The summed E-state index contributed by atoms with van der Waals surface area (Å²) in [7, 11) is 0. The number of amides is 1. The minimum Gasteiger partial charge on any atom is -0.337 e. The molecule has 1 N–H and O–H groups in total. The normalized spacial score (nSPS) is 34.4. The molecule has 3 saturated heterocycles. The van der Waals surface area contributed by atoms with Crippen molar-refractivity contribution in [3.8, 4) is 0 Å². The van der Waals surface area contributed by atoms with Gasteiger partial charge >= 0.3 is 0 Å². The number of nitrogens with one attached hydrogen (secondary N) is 1. The third-order valence-electron chi connectivity index (χ3n) is 3.80. The Hall–Kier alpha value is -0.610. The summed E-state index contributed by atoms with van der Waals surface area (Å²) in [4.78, 5) is 16.1. The van der Waals surface area contributed by atoms with E-state index in [4.69, 9.17) is 0 Å². The number of rotatable bonds is 1. The van der Waals surface area contributed by atoms with Gasteiger partial charge in [-0.2, -0.15) is 0 Å². The molecule has 0 aromatic carbocycles. The lowest BCUT2D eigenvalue weighted by Gasteiger charge is -2.45. The van der Waals surface area contributed by atoms with Gasteiger partial charge in [-0.25, -0.2) is 0 Å². The van der Waals surface area contributed by atoms with Gasteiger partial charge in [0.05, 0.1) is 0 Å². The maximum atomic E-state index is 11.5. The first-order chi connectivity index (χ1) is 6.84. The van der Waals surface area contributed by atoms with Crippen LogP contribution < -0.4 is 5.32 Å². The minimum atomic E-state index is 0.376. The number of nitrogens with zero attached hydrogens (tertiary/aromatic N) is 2. The van der Waals surface area contributed by atoms with Crippen molar-refractivity contribution in [1.82, 2.24) is 15.1 Å². The number of carbonyl (C=O) groups is 1. The molecule has 4 heteroatoms. The van der Waals surface area contributed by atoms with Crippen LogP contribution in [0.1, 0.15) is 12.8 Å². The number of carbonyl (C=O) groups excluding carboxylic acids is 1. The van der Waals surface area contributed by atoms with Crippen molar-refractivity contribution < 1.29 is 4.79 Å². The van der Waals surface area contributed by atoms with E-state index in [1.807, 2.05) is 0 Å². The zero-order valence-electron chi connectivity index (χ0n) is 8.41. The zero-order valence-corrected chi connectivity index (χ0v) is 8.41. The van der Waals surface area contributed by atoms with Crippen molar-refractivity contribution in [1.29, 1.82) is 0 Å². The predicted molar refractivity (Wildman–Crippen MR) is 53.0 cm³/mol. The minimum absolute atomic E-state index is 0.376. The van der Waals surface area contributed by atoms with Gasteiger partial charge in [0.25, 0.3) is 0 Å². The van der Waals surface area contributed by atoms with Crippen LogP contribution >= 0.6 is 0 Å². The largest absolute Gasteiger partial charge is 0.337 e. The van der Waals surface area contributed by atoms with Gasteiger partial charge in [-0.1, -0.05) is 0 Å². The molecule has 14 heavy (non-hydrogen) atoms. The van der Waals surface area contributed by atoms with Gasteiger partial charge < -0.3 is 10.2 Å². The molecule has 0 aliphatic carbocycles. The summed E-state index contributed by atoms with van der Waals surface area (Å²) >= 11 is 0. The highest BCUT2D eigenvalue weighted by molar-refractivity contribution is 5.78. The predicted octanol–water partition coefficient (Wildman–Crippen LogP) is -0.735. The second-order valence-electron chi connectivity index (χ2n) is 4.59. The molecular formula is C10H17N3O. The molecule has 3 aliphatic heterocycles. The summed E-state index contributed by atoms with van der Waals surface area (Å²) in [5.41, 5.74) is 0.